The summed E-state index contributed by atoms with van der Waals surface area (Å²) in [5, 5.41) is 6.90. The molecule has 0 saturated heterocycles. The van der Waals surface area contributed by atoms with E-state index in [0.29, 0.717) is 23.6 Å². The zero-order valence-electron chi connectivity index (χ0n) is 19.7. The van der Waals surface area contributed by atoms with Crippen molar-refractivity contribution in [1.82, 2.24) is 19.6 Å². The van der Waals surface area contributed by atoms with Crippen LogP contribution >= 0.6 is 15.9 Å². The lowest BCUT2D eigenvalue weighted by molar-refractivity contribution is -0.116. The molecule has 1 amide bonds. The van der Waals surface area contributed by atoms with Crippen molar-refractivity contribution >= 4 is 55.0 Å². The van der Waals surface area contributed by atoms with Gasteiger partial charge in [-0.1, -0.05) is 15.9 Å². The minimum atomic E-state index is -3.90. The molecule has 2 heterocycles. The first-order valence-electron chi connectivity index (χ1n) is 10.8. The largest absolute Gasteiger partial charge is 0.495 e. The second kappa shape index (κ2) is 10.1. The van der Waals surface area contributed by atoms with Crippen molar-refractivity contribution in [2.75, 3.05) is 22.9 Å². The van der Waals surface area contributed by atoms with E-state index >= 15 is 0 Å². The number of nitrogen functional groups attached to an aromatic ring is 1. The number of hydrogen-bond donors (Lipinski definition) is 3. The summed E-state index contributed by atoms with van der Waals surface area (Å²) in [6.45, 7) is 3.69. The number of nitrogens with zero attached hydrogens (tertiary/aromatic N) is 4. The van der Waals surface area contributed by atoms with Gasteiger partial charge in [0.25, 0.3) is 15.8 Å². The number of methoxy groups -OCH3 is 1. The molecular weight excluding hydrogens is 550 g/mol. The minimum Gasteiger partial charge on any atom is -0.495 e. The van der Waals surface area contributed by atoms with Crippen molar-refractivity contribution in [2.24, 2.45) is 0 Å². The van der Waals surface area contributed by atoms with Crippen molar-refractivity contribution in [3.63, 3.8) is 0 Å². The van der Waals surface area contributed by atoms with Crippen LogP contribution in [0.3, 0.4) is 0 Å². The average Bonchev–Trinajstić information content (AvgIpc) is 3.20. The number of halogens is 1. The lowest BCUT2D eigenvalue weighted by atomic mass is 10.1. The summed E-state index contributed by atoms with van der Waals surface area (Å²) < 4.78 is 36.0. The molecule has 0 aliphatic heterocycles. The Morgan fingerprint density at radius 1 is 1.14 bits per heavy atom. The van der Waals surface area contributed by atoms with Crippen LogP contribution in [0.25, 0.3) is 5.78 Å². The van der Waals surface area contributed by atoms with Crippen molar-refractivity contribution in [3.05, 3.63) is 63.9 Å². The molecule has 0 unspecified atom stereocenters. The molecule has 0 radical (unpaired) electrons. The molecule has 188 valence electrons. The zero-order valence-corrected chi connectivity index (χ0v) is 22.1. The average molecular weight is 574 g/mol. The smallest absolute Gasteiger partial charge is 0.261 e. The highest BCUT2D eigenvalue weighted by Gasteiger charge is 2.19. The Hall–Kier alpha value is -3.71. The van der Waals surface area contributed by atoms with Crippen LogP contribution < -0.4 is 20.5 Å². The van der Waals surface area contributed by atoms with Gasteiger partial charge in [0.2, 0.25) is 11.9 Å². The monoisotopic (exact) mass is 573 g/mol. The number of aromatic nitrogens is 4. The molecule has 0 spiro atoms. The number of ether oxygens (including phenoxy) is 1. The number of carbonyl (C=O) groups is 1. The first kappa shape index (κ1) is 25.4. The van der Waals surface area contributed by atoms with E-state index in [-0.39, 0.29) is 28.9 Å². The number of nitrogens with one attached hydrogen (secondary N) is 2. The van der Waals surface area contributed by atoms with Crippen LogP contribution in [-0.4, -0.2) is 41.0 Å². The summed E-state index contributed by atoms with van der Waals surface area (Å²) >= 11 is 3.32. The Morgan fingerprint density at radius 3 is 2.56 bits per heavy atom. The first-order chi connectivity index (χ1) is 17.1. The molecular formula is C23H24BrN7O4S. The normalized spacial score (nSPS) is 11.4. The molecule has 0 aliphatic rings. The van der Waals surface area contributed by atoms with Gasteiger partial charge < -0.3 is 15.8 Å². The van der Waals surface area contributed by atoms with Crippen molar-refractivity contribution in [2.45, 2.75) is 31.6 Å². The molecule has 0 saturated carbocycles. The van der Waals surface area contributed by atoms with Gasteiger partial charge in [0.15, 0.2) is 0 Å². The molecule has 2 aromatic carbocycles. The zero-order chi connectivity index (χ0) is 26.0. The van der Waals surface area contributed by atoms with E-state index in [1.807, 2.05) is 13.8 Å². The summed E-state index contributed by atoms with van der Waals surface area (Å²) in [6, 6.07) is 11.0. The van der Waals surface area contributed by atoms with Gasteiger partial charge >= 0.3 is 0 Å². The summed E-state index contributed by atoms with van der Waals surface area (Å²) in [7, 11) is -2.46. The predicted molar refractivity (Wildman–Crippen MR) is 140 cm³/mol. The molecule has 4 N–H and O–H groups in total. The van der Waals surface area contributed by atoms with Gasteiger partial charge in [-0.3, -0.25) is 9.52 Å². The Labute approximate surface area is 216 Å². The van der Waals surface area contributed by atoms with E-state index < -0.39 is 10.0 Å². The van der Waals surface area contributed by atoms with Gasteiger partial charge in [-0.25, -0.2) is 13.4 Å². The number of fused-ring (bicyclic) bond motifs is 1. The van der Waals surface area contributed by atoms with E-state index in [9.17, 15) is 13.2 Å². The van der Waals surface area contributed by atoms with Gasteiger partial charge in [-0.15, -0.1) is 5.10 Å². The van der Waals surface area contributed by atoms with Crippen LogP contribution in [0.1, 0.15) is 23.4 Å². The Morgan fingerprint density at radius 2 is 1.86 bits per heavy atom. The fourth-order valence-electron chi connectivity index (χ4n) is 3.72. The molecule has 2 aromatic heterocycles. The van der Waals surface area contributed by atoms with Gasteiger partial charge in [0.05, 0.1) is 17.7 Å². The van der Waals surface area contributed by atoms with Crippen LogP contribution in [-0.2, 0) is 21.2 Å². The number of amides is 1. The number of sulfonamides is 1. The quantitative estimate of drug-likeness (QED) is 0.289. The highest BCUT2D eigenvalue weighted by atomic mass is 79.9. The number of benzene rings is 2. The van der Waals surface area contributed by atoms with Gasteiger partial charge in [0, 0.05) is 28.0 Å². The summed E-state index contributed by atoms with van der Waals surface area (Å²) in [6.07, 6.45) is 0.508. The van der Waals surface area contributed by atoms with E-state index in [1.165, 1.54) is 25.3 Å². The molecule has 36 heavy (non-hydrogen) atoms. The molecule has 0 aliphatic carbocycles. The fraction of sp³-hybridized carbons (Fsp3) is 0.217. The number of hydrogen-bond acceptors (Lipinski definition) is 8. The van der Waals surface area contributed by atoms with Crippen LogP contribution in [0, 0.1) is 13.8 Å². The van der Waals surface area contributed by atoms with Crippen molar-refractivity contribution in [3.8, 4) is 5.75 Å². The maximum absolute atomic E-state index is 12.9. The van der Waals surface area contributed by atoms with Gasteiger partial charge in [-0.05, 0) is 68.3 Å². The number of anilines is 3. The first-order valence-corrected chi connectivity index (χ1v) is 13.1. The van der Waals surface area contributed by atoms with Gasteiger partial charge in [0.1, 0.15) is 5.75 Å². The highest BCUT2D eigenvalue weighted by molar-refractivity contribution is 9.10. The Kier molecular flexibility index (Phi) is 7.13. The molecule has 0 bridgehead atoms. The van der Waals surface area contributed by atoms with Crippen LogP contribution in [0.15, 0.2) is 51.8 Å². The lowest BCUT2D eigenvalue weighted by Gasteiger charge is -2.14. The predicted octanol–water partition coefficient (Wildman–Crippen LogP) is 3.47. The van der Waals surface area contributed by atoms with E-state index in [1.54, 1.807) is 28.8 Å². The second-order valence-electron chi connectivity index (χ2n) is 7.97. The topological polar surface area (TPSA) is 154 Å². The molecule has 0 fully saturated rings. The molecule has 4 rings (SSSR count). The van der Waals surface area contributed by atoms with E-state index in [2.05, 4.69) is 41.0 Å². The van der Waals surface area contributed by atoms with Crippen LogP contribution in [0.4, 0.5) is 17.3 Å². The molecule has 4 aromatic rings. The van der Waals surface area contributed by atoms with E-state index in [0.717, 1.165) is 21.4 Å². The number of aryl methyl sites for hydroxylation is 2. The number of rotatable bonds is 8. The third-order valence-electron chi connectivity index (χ3n) is 5.52. The third kappa shape index (κ3) is 5.41. The number of carbonyl (C=O) groups excluding carboxylic acids is 1. The highest BCUT2D eigenvalue weighted by Crippen LogP contribution is 2.29. The Balaban J connectivity index is 1.51. The lowest BCUT2D eigenvalue weighted by Crippen LogP contribution is -2.16. The van der Waals surface area contributed by atoms with Crippen LogP contribution in [0.5, 0.6) is 5.75 Å². The maximum Gasteiger partial charge on any atom is 0.261 e. The van der Waals surface area contributed by atoms with Crippen LogP contribution in [0.2, 0.25) is 0 Å². The van der Waals surface area contributed by atoms with Crippen molar-refractivity contribution < 1.29 is 17.9 Å². The van der Waals surface area contributed by atoms with Crippen molar-refractivity contribution in [1.29, 1.82) is 0 Å². The Bertz CT molecular complexity index is 1550. The van der Waals surface area contributed by atoms with Gasteiger partial charge in [-0.2, -0.15) is 9.50 Å². The molecule has 13 heteroatoms. The molecule has 0 atom stereocenters. The van der Waals surface area contributed by atoms with E-state index in [4.69, 9.17) is 10.5 Å². The maximum atomic E-state index is 12.9. The summed E-state index contributed by atoms with van der Waals surface area (Å²) in [5.41, 5.74) is 8.70. The SMILES string of the molecule is COc1ccc(S(=O)(=O)Nc2ccc(Br)cc2)cc1NC(=O)CCc1c(C)nc2nc(N)nn2c1C. The molecule has 11 nitrogen and oxygen atoms in total. The minimum absolute atomic E-state index is 0.0216. The number of nitrogens with two attached hydrogens (primary N) is 1. The standard InChI is InChI=1S/C23H24BrN7O4S/c1-13-18(14(2)31-23(26-13)28-22(25)29-31)9-11-21(32)27-19-12-17(8-10-20(19)35-3)36(33,34)30-16-6-4-15(24)5-7-16/h4-8,10,12,30H,9,11H2,1-3H3,(H2,25,29)(H,27,32). The summed E-state index contributed by atoms with van der Waals surface area (Å²) in [4.78, 5) is 21.3. The third-order valence-corrected chi connectivity index (χ3v) is 7.43. The second-order valence-corrected chi connectivity index (χ2v) is 10.6. The fourth-order valence-corrected chi connectivity index (χ4v) is 5.07. The summed E-state index contributed by atoms with van der Waals surface area (Å²) in [5.74, 6) is 0.534.